The van der Waals surface area contributed by atoms with Crippen LogP contribution in [0.3, 0.4) is 0 Å². The molecule has 0 heterocycles. The van der Waals surface area contributed by atoms with E-state index in [0.29, 0.717) is 17.1 Å². The molecule has 136 valence electrons. The van der Waals surface area contributed by atoms with Gasteiger partial charge in [-0.15, -0.1) is 0 Å². The molecule has 0 bridgehead atoms. The van der Waals surface area contributed by atoms with Crippen LogP contribution in [-0.4, -0.2) is 38.8 Å². The van der Waals surface area contributed by atoms with Crippen LogP contribution < -0.4 is 20.2 Å². The molecule has 7 nitrogen and oxygen atoms in total. The van der Waals surface area contributed by atoms with Gasteiger partial charge in [-0.1, -0.05) is 0 Å². The van der Waals surface area contributed by atoms with Gasteiger partial charge in [-0.25, -0.2) is 9.82 Å². The summed E-state index contributed by atoms with van der Waals surface area (Å²) in [6.45, 7) is -0.264. The summed E-state index contributed by atoms with van der Waals surface area (Å²) in [4.78, 5) is 23.5. The maximum Gasteiger partial charge on any atom is 0.259 e. The smallest absolute Gasteiger partial charge is 0.259 e. The molecule has 0 aromatic heterocycles. The third kappa shape index (κ3) is 5.30. The number of ether oxygens (including phenoxy) is 2. The van der Waals surface area contributed by atoms with Crippen molar-refractivity contribution in [3.8, 4) is 11.5 Å². The first kappa shape index (κ1) is 18.9. The number of benzene rings is 2. The van der Waals surface area contributed by atoms with Gasteiger partial charge in [-0.3, -0.25) is 9.59 Å². The Balaban J connectivity index is 1.83. The number of carbonyl (C=O) groups is 2. The summed E-state index contributed by atoms with van der Waals surface area (Å²) >= 11 is 0. The fourth-order valence-electron chi connectivity index (χ4n) is 2.02. The van der Waals surface area contributed by atoms with Gasteiger partial charge in [0.05, 0.1) is 27.0 Å². The zero-order valence-corrected chi connectivity index (χ0v) is 14.3. The Morgan fingerprint density at radius 3 is 2.42 bits per heavy atom. The van der Waals surface area contributed by atoms with E-state index in [1.54, 1.807) is 18.2 Å². The third-order valence-electron chi connectivity index (χ3n) is 3.33. The fourth-order valence-corrected chi connectivity index (χ4v) is 2.02. The molecule has 2 aromatic rings. The van der Waals surface area contributed by atoms with Crippen LogP contribution in [0, 0.1) is 5.82 Å². The largest absolute Gasteiger partial charge is 0.493 e. The molecule has 2 N–H and O–H groups in total. The SMILES string of the molecule is COc1ccc(/C=N/NC(=O)CNC(=O)c2ccc(F)cc2)cc1OC. The van der Waals surface area contributed by atoms with Gasteiger partial charge in [-0.2, -0.15) is 5.10 Å². The van der Waals surface area contributed by atoms with E-state index >= 15 is 0 Å². The van der Waals surface area contributed by atoms with Crippen LogP contribution in [0.4, 0.5) is 4.39 Å². The fraction of sp³-hybridized carbons (Fsp3) is 0.167. The average Bonchev–Trinajstić information content (AvgIpc) is 2.66. The van der Waals surface area contributed by atoms with Crippen molar-refractivity contribution in [3.05, 3.63) is 59.4 Å². The average molecular weight is 359 g/mol. The number of carbonyl (C=O) groups excluding carboxylic acids is 2. The van der Waals surface area contributed by atoms with Crippen LogP contribution in [0.5, 0.6) is 11.5 Å². The van der Waals surface area contributed by atoms with Gasteiger partial charge < -0.3 is 14.8 Å². The molecule has 0 aliphatic rings. The van der Waals surface area contributed by atoms with Gasteiger partial charge in [-0.05, 0) is 48.0 Å². The third-order valence-corrected chi connectivity index (χ3v) is 3.33. The molecule has 26 heavy (non-hydrogen) atoms. The van der Waals surface area contributed by atoms with Crippen LogP contribution in [-0.2, 0) is 4.79 Å². The highest BCUT2D eigenvalue weighted by Gasteiger charge is 2.07. The standard InChI is InChI=1S/C18H18FN3O4/c1-25-15-8-3-12(9-16(15)26-2)10-21-22-17(23)11-20-18(24)13-4-6-14(19)7-5-13/h3-10H,11H2,1-2H3,(H,20,24)(H,22,23)/b21-10+. The monoisotopic (exact) mass is 359 g/mol. The van der Waals surface area contributed by atoms with Gasteiger partial charge in [0.1, 0.15) is 5.82 Å². The lowest BCUT2D eigenvalue weighted by molar-refractivity contribution is -0.120. The number of methoxy groups -OCH3 is 2. The van der Waals surface area contributed by atoms with Crippen molar-refractivity contribution in [1.29, 1.82) is 0 Å². The van der Waals surface area contributed by atoms with Crippen LogP contribution in [0.25, 0.3) is 0 Å². The topological polar surface area (TPSA) is 89.0 Å². The first-order valence-corrected chi connectivity index (χ1v) is 7.61. The molecule has 0 unspecified atom stereocenters. The Kier molecular flexibility index (Phi) is 6.67. The van der Waals surface area contributed by atoms with E-state index in [9.17, 15) is 14.0 Å². The number of nitrogens with one attached hydrogen (secondary N) is 2. The molecule has 2 rings (SSSR count). The summed E-state index contributed by atoms with van der Waals surface area (Å²) in [7, 11) is 3.05. The highest BCUT2D eigenvalue weighted by Crippen LogP contribution is 2.26. The molecule has 0 radical (unpaired) electrons. The molecule has 2 amide bonds. The maximum atomic E-state index is 12.8. The predicted molar refractivity (Wildman–Crippen MR) is 94.0 cm³/mol. The van der Waals surface area contributed by atoms with E-state index in [-0.39, 0.29) is 12.1 Å². The number of rotatable bonds is 7. The van der Waals surface area contributed by atoms with E-state index in [2.05, 4.69) is 15.8 Å². The number of halogens is 1. The lowest BCUT2D eigenvalue weighted by Gasteiger charge is -2.07. The van der Waals surface area contributed by atoms with Crippen molar-refractivity contribution in [1.82, 2.24) is 10.7 Å². The van der Waals surface area contributed by atoms with Crippen LogP contribution in [0.1, 0.15) is 15.9 Å². The number of hydrogen-bond donors (Lipinski definition) is 2. The first-order valence-electron chi connectivity index (χ1n) is 7.61. The summed E-state index contributed by atoms with van der Waals surface area (Å²) in [5.74, 6) is -0.309. The van der Waals surface area contributed by atoms with Crippen LogP contribution >= 0.6 is 0 Å². The zero-order chi connectivity index (χ0) is 18.9. The van der Waals surface area contributed by atoms with E-state index in [1.807, 2.05) is 0 Å². The Hall–Kier alpha value is -3.42. The second kappa shape index (κ2) is 9.16. The van der Waals surface area contributed by atoms with Crippen LogP contribution in [0.2, 0.25) is 0 Å². The summed E-state index contributed by atoms with van der Waals surface area (Å²) in [5.41, 5.74) is 3.25. The quantitative estimate of drug-likeness (QED) is 0.582. The Morgan fingerprint density at radius 1 is 1.08 bits per heavy atom. The summed E-state index contributed by atoms with van der Waals surface area (Å²) < 4.78 is 23.1. The molecule has 0 atom stereocenters. The molecule has 0 spiro atoms. The summed E-state index contributed by atoms with van der Waals surface area (Å²) in [6, 6.07) is 10.2. The van der Waals surface area contributed by atoms with Crippen LogP contribution in [0.15, 0.2) is 47.6 Å². The molecule has 0 saturated heterocycles. The molecule has 0 saturated carbocycles. The molecular weight excluding hydrogens is 341 g/mol. The number of hydrogen-bond acceptors (Lipinski definition) is 5. The highest BCUT2D eigenvalue weighted by molar-refractivity contribution is 5.96. The Morgan fingerprint density at radius 2 is 1.77 bits per heavy atom. The number of nitrogens with zero attached hydrogens (tertiary/aromatic N) is 1. The second-order valence-corrected chi connectivity index (χ2v) is 5.10. The van der Waals surface area contributed by atoms with Crippen molar-refractivity contribution in [2.45, 2.75) is 0 Å². The highest BCUT2D eigenvalue weighted by atomic mass is 19.1. The van der Waals surface area contributed by atoms with E-state index < -0.39 is 17.6 Å². The normalized spacial score (nSPS) is 10.4. The molecule has 8 heteroatoms. The Bertz CT molecular complexity index is 807. The predicted octanol–water partition coefficient (Wildman–Crippen LogP) is 1.72. The van der Waals surface area contributed by atoms with E-state index in [0.717, 1.165) is 0 Å². The molecule has 0 fully saturated rings. The minimum atomic E-state index is -0.503. The molecular formula is C18H18FN3O4. The minimum absolute atomic E-state index is 0.257. The van der Waals surface area contributed by atoms with Gasteiger partial charge in [0, 0.05) is 5.56 Å². The zero-order valence-electron chi connectivity index (χ0n) is 14.3. The van der Waals surface area contributed by atoms with Crippen molar-refractivity contribution >= 4 is 18.0 Å². The molecule has 0 aliphatic carbocycles. The molecule has 0 aliphatic heterocycles. The van der Waals surface area contributed by atoms with Gasteiger partial charge in [0.2, 0.25) is 0 Å². The minimum Gasteiger partial charge on any atom is -0.493 e. The molecule has 2 aromatic carbocycles. The van der Waals surface area contributed by atoms with Crippen molar-refractivity contribution in [3.63, 3.8) is 0 Å². The van der Waals surface area contributed by atoms with Gasteiger partial charge in [0.15, 0.2) is 11.5 Å². The first-order chi connectivity index (χ1) is 12.5. The summed E-state index contributed by atoms with van der Waals surface area (Å²) in [6.07, 6.45) is 1.43. The number of amides is 2. The van der Waals surface area contributed by atoms with E-state index in [1.165, 1.54) is 44.7 Å². The van der Waals surface area contributed by atoms with Crippen molar-refractivity contribution in [2.75, 3.05) is 20.8 Å². The van der Waals surface area contributed by atoms with Gasteiger partial charge in [0.25, 0.3) is 11.8 Å². The number of hydrazone groups is 1. The summed E-state index contributed by atoms with van der Waals surface area (Å²) in [5, 5.41) is 6.23. The Labute approximate surface area is 149 Å². The lowest BCUT2D eigenvalue weighted by atomic mass is 10.2. The van der Waals surface area contributed by atoms with Crippen molar-refractivity contribution in [2.24, 2.45) is 5.10 Å². The van der Waals surface area contributed by atoms with Crippen molar-refractivity contribution < 1.29 is 23.5 Å². The second-order valence-electron chi connectivity index (χ2n) is 5.10. The maximum absolute atomic E-state index is 12.8. The van der Waals surface area contributed by atoms with Gasteiger partial charge >= 0.3 is 0 Å². The van der Waals surface area contributed by atoms with E-state index in [4.69, 9.17) is 9.47 Å². The lowest BCUT2D eigenvalue weighted by Crippen LogP contribution is -2.34.